The zero-order valence-electron chi connectivity index (χ0n) is 10.9. The summed E-state index contributed by atoms with van der Waals surface area (Å²) in [5, 5.41) is 10.9. The zero-order chi connectivity index (χ0) is 14.5. The molecule has 0 fully saturated rings. The fraction of sp³-hybridized carbons (Fsp3) is 0.133. The molecule has 5 heteroatoms. The Morgan fingerprint density at radius 1 is 1.20 bits per heavy atom. The van der Waals surface area contributed by atoms with Crippen LogP contribution in [0.1, 0.15) is 17.3 Å². The van der Waals surface area contributed by atoms with Crippen molar-refractivity contribution in [3.63, 3.8) is 0 Å². The maximum absolute atomic E-state index is 11.9. The second kappa shape index (κ2) is 5.97. The van der Waals surface area contributed by atoms with Crippen LogP contribution >= 0.6 is 0 Å². The van der Waals surface area contributed by atoms with Crippen molar-refractivity contribution < 1.29 is 14.5 Å². The van der Waals surface area contributed by atoms with E-state index in [0.717, 1.165) is 5.56 Å². The number of rotatable bonds is 4. The third-order valence-corrected chi connectivity index (χ3v) is 2.79. The van der Waals surface area contributed by atoms with Crippen molar-refractivity contribution in [3.8, 4) is 11.1 Å². The van der Waals surface area contributed by atoms with Gasteiger partial charge in [-0.15, -0.1) is 0 Å². The molecule has 0 aliphatic heterocycles. The summed E-state index contributed by atoms with van der Waals surface area (Å²) in [6.45, 7) is 1.97. The van der Waals surface area contributed by atoms with Gasteiger partial charge < -0.3 is 4.74 Å². The van der Waals surface area contributed by atoms with Gasteiger partial charge in [-0.3, -0.25) is 10.1 Å². The highest BCUT2D eigenvalue weighted by Gasteiger charge is 2.17. The van der Waals surface area contributed by atoms with Gasteiger partial charge in [0.15, 0.2) is 0 Å². The maximum atomic E-state index is 11.9. The number of carbonyl (C=O) groups is 1. The maximum Gasteiger partial charge on any atom is 0.338 e. The Morgan fingerprint density at radius 3 is 2.50 bits per heavy atom. The van der Waals surface area contributed by atoms with Gasteiger partial charge in [0.2, 0.25) is 0 Å². The summed E-state index contributed by atoms with van der Waals surface area (Å²) >= 11 is 0. The molecule has 20 heavy (non-hydrogen) atoms. The minimum atomic E-state index is -0.485. The van der Waals surface area contributed by atoms with Gasteiger partial charge in [-0.25, -0.2) is 4.79 Å². The first-order valence-corrected chi connectivity index (χ1v) is 6.14. The van der Waals surface area contributed by atoms with Crippen LogP contribution in [-0.2, 0) is 4.74 Å². The number of hydrogen-bond acceptors (Lipinski definition) is 4. The Morgan fingerprint density at radius 2 is 1.90 bits per heavy atom. The number of hydrogen-bond donors (Lipinski definition) is 0. The Bertz CT molecular complexity index is 638. The number of carbonyl (C=O) groups excluding carboxylic acids is 1. The summed E-state index contributed by atoms with van der Waals surface area (Å²) in [5.41, 5.74) is 1.50. The molecular formula is C15H13NO4. The molecule has 5 nitrogen and oxygen atoms in total. The van der Waals surface area contributed by atoms with E-state index in [9.17, 15) is 14.9 Å². The van der Waals surface area contributed by atoms with Crippen molar-refractivity contribution in [1.82, 2.24) is 0 Å². The third kappa shape index (κ3) is 2.83. The first-order chi connectivity index (χ1) is 9.63. The lowest BCUT2D eigenvalue weighted by molar-refractivity contribution is -0.384. The lowest BCUT2D eigenvalue weighted by Gasteiger charge is -2.09. The predicted octanol–water partition coefficient (Wildman–Crippen LogP) is 3.44. The second-order valence-electron chi connectivity index (χ2n) is 4.07. The molecule has 0 bridgehead atoms. The van der Waals surface area contributed by atoms with Crippen molar-refractivity contribution in [2.24, 2.45) is 0 Å². The van der Waals surface area contributed by atoms with Crippen molar-refractivity contribution in [2.75, 3.05) is 6.61 Å². The number of esters is 1. The second-order valence-corrected chi connectivity index (χ2v) is 4.07. The van der Waals surface area contributed by atoms with Gasteiger partial charge in [0.1, 0.15) is 0 Å². The van der Waals surface area contributed by atoms with Crippen LogP contribution in [0.2, 0.25) is 0 Å². The molecule has 0 saturated carbocycles. The zero-order valence-corrected chi connectivity index (χ0v) is 10.9. The molecule has 0 amide bonds. The topological polar surface area (TPSA) is 69.4 Å². The van der Waals surface area contributed by atoms with E-state index < -0.39 is 10.9 Å². The molecule has 0 saturated heterocycles. The number of non-ortho nitro benzene ring substituents is 1. The molecule has 2 aromatic carbocycles. The van der Waals surface area contributed by atoms with Crippen LogP contribution < -0.4 is 0 Å². The molecule has 0 aliphatic carbocycles. The van der Waals surface area contributed by atoms with E-state index in [1.807, 2.05) is 18.2 Å². The Hall–Kier alpha value is -2.69. The summed E-state index contributed by atoms with van der Waals surface area (Å²) in [7, 11) is 0. The van der Waals surface area contributed by atoms with E-state index in [1.165, 1.54) is 18.2 Å². The highest BCUT2D eigenvalue weighted by Crippen LogP contribution is 2.28. The van der Waals surface area contributed by atoms with Gasteiger partial charge in [-0.1, -0.05) is 30.3 Å². The van der Waals surface area contributed by atoms with Gasteiger partial charge in [-0.2, -0.15) is 0 Å². The van der Waals surface area contributed by atoms with E-state index in [-0.39, 0.29) is 12.3 Å². The summed E-state index contributed by atoms with van der Waals surface area (Å²) in [5.74, 6) is -0.485. The molecule has 0 radical (unpaired) electrons. The monoisotopic (exact) mass is 271 g/mol. The van der Waals surface area contributed by atoms with Crippen LogP contribution in [0.15, 0.2) is 48.5 Å². The van der Waals surface area contributed by atoms with Crippen LogP contribution in [0.5, 0.6) is 0 Å². The predicted molar refractivity (Wildman–Crippen MR) is 74.5 cm³/mol. The summed E-state index contributed by atoms with van der Waals surface area (Å²) in [4.78, 5) is 22.3. The molecule has 0 heterocycles. The molecule has 0 atom stereocenters. The summed E-state index contributed by atoms with van der Waals surface area (Å²) < 4.78 is 4.98. The van der Waals surface area contributed by atoms with Gasteiger partial charge in [-0.05, 0) is 18.6 Å². The molecule has 0 aliphatic rings. The average Bonchev–Trinajstić information content (AvgIpc) is 2.47. The van der Waals surface area contributed by atoms with Gasteiger partial charge >= 0.3 is 5.97 Å². The first-order valence-electron chi connectivity index (χ1n) is 6.14. The quantitative estimate of drug-likeness (QED) is 0.485. The number of ether oxygens (including phenoxy) is 1. The van der Waals surface area contributed by atoms with Gasteiger partial charge in [0, 0.05) is 17.7 Å². The van der Waals surface area contributed by atoms with Crippen LogP contribution in [0, 0.1) is 10.1 Å². The molecule has 2 aromatic rings. The normalized spacial score (nSPS) is 10.1. The van der Waals surface area contributed by atoms with Crippen molar-refractivity contribution >= 4 is 11.7 Å². The minimum Gasteiger partial charge on any atom is -0.462 e. The molecule has 2 rings (SSSR count). The van der Waals surface area contributed by atoms with Crippen LogP contribution in [0.3, 0.4) is 0 Å². The lowest BCUT2D eigenvalue weighted by Crippen LogP contribution is -2.07. The third-order valence-electron chi connectivity index (χ3n) is 2.79. The molecular weight excluding hydrogens is 258 g/mol. The number of nitro benzene ring substituents is 1. The lowest BCUT2D eigenvalue weighted by atomic mass is 9.99. The number of nitrogens with zero attached hydrogens (tertiary/aromatic N) is 1. The Balaban J connectivity index is 2.57. The highest BCUT2D eigenvalue weighted by molar-refractivity contribution is 5.97. The Labute approximate surface area is 116 Å². The number of benzene rings is 2. The van der Waals surface area contributed by atoms with Gasteiger partial charge in [0.25, 0.3) is 5.69 Å². The van der Waals surface area contributed by atoms with Crippen LogP contribution in [0.25, 0.3) is 11.1 Å². The van der Waals surface area contributed by atoms with Crippen molar-refractivity contribution in [2.45, 2.75) is 6.92 Å². The number of nitro groups is 1. The summed E-state index contributed by atoms with van der Waals surface area (Å²) in [6, 6.07) is 13.2. The summed E-state index contributed by atoms with van der Waals surface area (Å²) in [6.07, 6.45) is 0. The van der Waals surface area contributed by atoms with E-state index in [1.54, 1.807) is 19.1 Å². The highest BCUT2D eigenvalue weighted by atomic mass is 16.6. The fourth-order valence-electron chi connectivity index (χ4n) is 1.89. The molecule has 0 unspecified atom stereocenters. The largest absolute Gasteiger partial charge is 0.462 e. The standard InChI is InChI=1S/C15H13NO4/c1-2-20-15(17)13-9-8-12(16(18)19)10-14(13)11-6-4-3-5-7-11/h3-10H,2H2,1H3. The van der Waals surface area contributed by atoms with Crippen molar-refractivity contribution in [3.05, 3.63) is 64.2 Å². The average molecular weight is 271 g/mol. The van der Waals surface area contributed by atoms with Gasteiger partial charge in [0.05, 0.1) is 17.1 Å². The molecule has 0 aromatic heterocycles. The van der Waals surface area contributed by atoms with Crippen LogP contribution in [0.4, 0.5) is 5.69 Å². The Kier molecular flexibility index (Phi) is 4.10. The van der Waals surface area contributed by atoms with E-state index >= 15 is 0 Å². The molecule has 102 valence electrons. The van der Waals surface area contributed by atoms with Crippen molar-refractivity contribution in [1.29, 1.82) is 0 Å². The van der Waals surface area contributed by atoms with Crippen LogP contribution in [-0.4, -0.2) is 17.5 Å². The SMILES string of the molecule is CCOC(=O)c1ccc([N+](=O)[O-])cc1-c1ccccc1. The first kappa shape index (κ1) is 13.7. The fourth-order valence-corrected chi connectivity index (χ4v) is 1.89. The minimum absolute atomic E-state index is 0.0584. The van der Waals surface area contributed by atoms with E-state index in [2.05, 4.69) is 0 Å². The molecule has 0 N–H and O–H groups in total. The van der Waals surface area contributed by atoms with E-state index in [4.69, 9.17) is 4.74 Å². The smallest absolute Gasteiger partial charge is 0.338 e. The van der Waals surface area contributed by atoms with E-state index in [0.29, 0.717) is 11.1 Å². The molecule has 0 spiro atoms.